The van der Waals surface area contributed by atoms with E-state index in [-0.39, 0.29) is 12.0 Å². The monoisotopic (exact) mass is 292 g/mol. The predicted molar refractivity (Wildman–Crippen MR) is 82.6 cm³/mol. The molecule has 2 N–H and O–H groups in total. The van der Waals surface area contributed by atoms with Crippen molar-refractivity contribution in [3.05, 3.63) is 17.7 Å². The lowest BCUT2D eigenvalue weighted by atomic mass is 9.74. The maximum atomic E-state index is 9.36. The fraction of sp³-hybridized carbons (Fsp3) is 0.625. The van der Waals surface area contributed by atoms with Crippen molar-refractivity contribution in [2.24, 2.45) is 0 Å². The zero-order valence-corrected chi connectivity index (χ0v) is 12.8. The number of ether oxygens (including phenoxy) is 2. The molecule has 0 bridgehead atoms. The summed E-state index contributed by atoms with van der Waals surface area (Å²) >= 11 is 0. The first kappa shape index (κ1) is 14.5. The Balaban J connectivity index is 2.07. The number of aliphatic hydroxyl groups excluding tert-OH is 1. The number of methoxy groups -OCH3 is 2. The lowest BCUT2D eigenvalue weighted by molar-refractivity contribution is 0.289. The molecule has 1 spiro atoms. The van der Waals surface area contributed by atoms with E-state index < -0.39 is 0 Å². The summed E-state index contributed by atoms with van der Waals surface area (Å²) in [5, 5.41) is 12.8. The van der Waals surface area contributed by atoms with Crippen molar-refractivity contribution in [2.45, 2.75) is 18.3 Å². The standard InChI is InChI=1S/C16H24N2O3/c1-20-14-9-12-13(10-15(14)21-2)18(7-8-19)11-16(12)3-5-17-6-4-16/h9-10,17,19H,3-8,11H2,1-2H3. The minimum absolute atomic E-state index is 0.169. The number of aliphatic hydroxyl groups is 1. The number of nitrogens with zero attached hydrogens (tertiary/aromatic N) is 1. The average molecular weight is 292 g/mol. The van der Waals surface area contributed by atoms with Crippen LogP contribution in [0.5, 0.6) is 11.5 Å². The third-order valence-corrected chi connectivity index (χ3v) is 4.84. The van der Waals surface area contributed by atoms with E-state index >= 15 is 0 Å². The molecule has 0 atom stereocenters. The second kappa shape index (κ2) is 5.73. The molecule has 0 radical (unpaired) electrons. The average Bonchev–Trinajstić information content (AvgIpc) is 2.80. The van der Waals surface area contributed by atoms with E-state index in [9.17, 15) is 5.11 Å². The highest BCUT2D eigenvalue weighted by Gasteiger charge is 2.43. The van der Waals surface area contributed by atoms with Crippen molar-refractivity contribution in [3.8, 4) is 11.5 Å². The molecule has 21 heavy (non-hydrogen) atoms. The number of benzene rings is 1. The van der Waals surface area contributed by atoms with Crippen LogP contribution in [0.4, 0.5) is 5.69 Å². The number of hydrogen-bond acceptors (Lipinski definition) is 5. The van der Waals surface area contributed by atoms with Gasteiger partial charge in [-0.3, -0.25) is 0 Å². The normalized spacial score (nSPS) is 19.7. The van der Waals surface area contributed by atoms with E-state index in [0.29, 0.717) is 6.54 Å². The molecule has 5 heteroatoms. The van der Waals surface area contributed by atoms with Gasteiger partial charge in [0, 0.05) is 30.3 Å². The number of nitrogens with one attached hydrogen (secondary N) is 1. The zero-order chi connectivity index (χ0) is 14.9. The fourth-order valence-electron chi connectivity index (χ4n) is 3.74. The number of hydrogen-bond donors (Lipinski definition) is 2. The van der Waals surface area contributed by atoms with Crippen LogP contribution in [0.25, 0.3) is 0 Å². The molecule has 2 aliphatic rings. The third kappa shape index (κ3) is 2.34. The van der Waals surface area contributed by atoms with E-state index in [4.69, 9.17) is 9.47 Å². The van der Waals surface area contributed by atoms with Gasteiger partial charge in [-0.2, -0.15) is 0 Å². The Kier molecular flexibility index (Phi) is 3.95. The number of rotatable bonds is 4. The molecule has 0 unspecified atom stereocenters. The van der Waals surface area contributed by atoms with Gasteiger partial charge in [-0.1, -0.05) is 0 Å². The summed E-state index contributed by atoms with van der Waals surface area (Å²) in [6, 6.07) is 4.19. The highest BCUT2D eigenvalue weighted by atomic mass is 16.5. The SMILES string of the molecule is COc1cc2c(cc1OC)C1(CCNCC1)CN2CCO. The van der Waals surface area contributed by atoms with Crippen LogP contribution < -0.4 is 19.7 Å². The van der Waals surface area contributed by atoms with Crippen LogP contribution >= 0.6 is 0 Å². The van der Waals surface area contributed by atoms with Gasteiger partial charge in [-0.05, 0) is 37.6 Å². The predicted octanol–water partition coefficient (Wildman–Crippen LogP) is 1.14. The van der Waals surface area contributed by atoms with E-state index in [1.165, 1.54) is 11.3 Å². The molecule has 1 saturated heterocycles. The second-order valence-electron chi connectivity index (χ2n) is 5.90. The third-order valence-electron chi connectivity index (χ3n) is 4.84. The zero-order valence-electron chi connectivity index (χ0n) is 12.8. The molecule has 0 amide bonds. The van der Waals surface area contributed by atoms with Crippen LogP contribution in [-0.2, 0) is 5.41 Å². The molecule has 1 aromatic carbocycles. The topological polar surface area (TPSA) is 54.0 Å². The van der Waals surface area contributed by atoms with Crippen LogP contribution in [0.1, 0.15) is 18.4 Å². The Morgan fingerprint density at radius 3 is 2.48 bits per heavy atom. The van der Waals surface area contributed by atoms with Crippen molar-refractivity contribution >= 4 is 5.69 Å². The van der Waals surface area contributed by atoms with Gasteiger partial charge in [-0.25, -0.2) is 0 Å². The van der Waals surface area contributed by atoms with Crippen LogP contribution in [0.3, 0.4) is 0 Å². The highest BCUT2D eigenvalue weighted by molar-refractivity contribution is 5.68. The van der Waals surface area contributed by atoms with Gasteiger partial charge in [0.15, 0.2) is 11.5 Å². The van der Waals surface area contributed by atoms with Gasteiger partial charge in [0.2, 0.25) is 0 Å². The lowest BCUT2D eigenvalue weighted by Gasteiger charge is -2.35. The van der Waals surface area contributed by atoms with Crippen molar-refractivity contribution in [3.63, 3.8) is 0 Å². The summed E-state index contributed by atoms with van der Waals surface area (Å²) in [5.74, 6) is 1.55. The quantitative estimate of drug-likeness (QED) is 0.871. The van der Waals surface area contributed by atoms with E-state index in [1.54, 1.807) is 14.2 Å². The first-order valence-electron chi connectivity index (χ1n) is 7.57. The molecule has 116 valence electrons. The molecular formula is C16H24N2O3. The van der Waals surface area contributed by atoms with Gasteiger partial charge in [0.1, 0.15) is 0 Å². The maximum absolute atomic E-state index is 9.36. The minimum atomic E-state index is 0.169. The van der Waals surface area contributed by atoms with Crippen molar-refractivity contribution in [2.75, 3.05) is 51.9 Å². The maximum Gasteiger partial charge on any atom is 0.162 e. The summed E-state index contributed by atoms with van der Waals surface area (Å²) in [4.78, 5) is 2.28. The van der Waals surface area contributed by atoms with Crippen LogP contribution in [0.15, 0.2) is 12.1 Å². The van der Waals surface area contributed by atoms with Crippen LogP contribution in [0, 0.1) is 0 Å². The Labute approximate surface area is 125 Å². The molecule has 1 aromatic rings. The minimum Gasteiger partial charge on any atom is -0.493 e. The number of fused-ring (bicyclic) bond motifs is 2. The van der Waals surface area contributed by atoms with Crippen molar-refractivity contribution < 1.29 is 14.6 Å². The van der Waals surface area contributed by atoms with Crippen LogP contribution in [-0.4, -0.2) is 52.1 Å². The molecule has 2 heterocycles. The van der Waals surface area contributed by atoms with Crippen molar-refractivity contribution in [1.82, 2.24) is 5.32 Å². The van der Waals surface area contributed by atoms with Gasteiger partial charge >= 0.3 is 0 Å². The van der Waals surface area contributed by atoms with Crippen LogP contribution in [0.2, 0.25) is 0 Å². The fourth-order valence-corrected chi connectivity index (χ4v) is 3.74. The molecule has 1 fully saturated rings. The second-order valence-corrected chi connectivity index (χ2v) is 5.90. The van der Waals surface area contributed by atoms with E-state index in [0.717, 1.165) is 44.0 Å². The summed E-state index contributed by atoms with van der Waals surface area (Å²) < 4.78 is 10.9. The van der Waals surface area contributed by atoms with Gasteiger partial charge in [-0.15, -0.1) is 0 Å². The lowest BCUT2D eigenvalue weighted by Crippen LogP contribution is -2.43. The molecule has 5 nitrogen and oxygen atoms in total. The van der Waals surface area contributed by atoms with E-state index in [1.807, 2.05) is 0 Å². The Hall–Kier alpha value is -1.46. The molecule has 0 aliphatic carbocycles. The smallest absolute Gasteiger partial charge is 0.162 e. The van der Waals surface area contributed by atoms with Gasteiger partial charge in [0.05, 0.1) is 20.8 Å². The number of β-amino-alcohol motifs (C(OH)–C–C–N with tert-alkyl or cyclic N) is 1. The summed E-state index contributed by atoms with van der Waals surface area (Å²) in [5.41, 5.74) is 2.70. The molecule has 3 rings (SSSR count). The number of piperidine rings is 1. The molecular weight excluding hydrogens is 268 g/mol. The number of anilines is 1. The van der Waals surface area contributed by atoms with E-state index in [2.05, 4.69) is 22.3 Å². The summed E-state index contributed by atoms with van der Waals surface area (Å²) in [6.45, 7) is 3.89. The Morgan fingerprint density at radius 2 is 1.86 bits per heavy atom. The first-order chi connectivity index (χ1) is 10.2. The first-order valence-corrected chi connectivity index (χ1v) is 7.57. The van der Waals surface area contributed by atoms with Gasteiger partial charge in [0.25, 0.3) is 0 Å². The molecule has 0 aromatic heterocycles. The largest absolute Gasteiger partial charge is 0.493 e. The highest BCUT2D eigenvalue weighted by Crippen LogP contribution is 2.49. The Bertz CT molecular complexity index is 512. The van der Waals surface area contributed by atoms with Gasteiger partial charge < -0.3 is 24.8 Å². The summed E-state index contributed by atoms with van der Waals surface area (Å²) in [7, 11) is 3.34. The molecule has 2 aliphatic heterocycles. The van der Waals surface area contributed by atoms with Crippen molar-refractivity contribution in [1.29, 1.82) is 0 Å². The Morgan fingerprint density at radius 1 is 1.19 bits per heavy atom. The molecule has 0 saturated carbocycles. The summed E-state index contributed by atoms with van der Waals surface area (Å²) in [6.07, 6.45) is 2.24.